The number of benzene rings is 2. The van der Waals surface area contributed by atoms with Crippen molar-refractivity contribution in [1.82, 2.24) is 5.32 Å². The van der Waals surface area contributed by atoms with E-state index in [1.54, 1.807) is 0 Å². The molecule has 0 aliphatic carbocycles. The quantitative estimate of drug-likeness (QED) is 0.763. The maximum Gasteiger partial charge on any atom is 0.0591 e. The SMILES string of the molecule is CCCNC(c1ccc(CC)cc1)c1cccc(C)c1Cl. The van der Waals surface area contributed by atoms with Crippen molar-refractivity contribution in [2.75, 3.05) is 6.54 Å². The van der Waals surface area contributed by atoms with Crippen LogP contribution in [-0.4, -0.2) is 6.54 Å². The van der Waals surface area contributed by atoms with Gasteiger partial charge in [0.25, 0.3) is 0 Å². The number of aryl methyl sites for hydroxylation is 2. The molecule has 0 amide bonds. The lowest BCUT2D eigenvalue weighted by atomic mass is 9.96. The van der Waals surface area contributed by atoms with Gasteiger partial charge in [0.2, 0.25) is 0 Å². The molecule has 112 valence electrons. The van der Waals surface area contributed by atoms with Gasteiger partial charge >= 0.3 is 0 Å². The van der Waals surface area contributed by atoms with Crippen molar-refractivity contribution < 1.29 is 0 Å². The summed E-state index contributed by atoms with van der Waals surface area (Å²) in [7, 11) is 0. The molecule has 2 rings (SSSR count). The molecule has 0 spiro atoms. The third kappa shape index (κ3) is 3.87. The first-order chi connectivity index (χ1) is 10.2. The van der Waals surface area contributed by atoms with E-state index in [9.17, 15) is 0 Å². The third-order valence-electron chi connectivity index (χ3n) is 3.85. The number of hydrogen-bond donors (Lipinski definition) is 1. The van der Waals surface area contributed by atoms with Gasteiger partial charge in [0, 0.05) is 5.02 Å². The van der Waals surface area contributed by atoms with Crippen molar-refractivity contribution in [2.24, 2.45) is 0 Å². The Kier molecular flexibility index (Phi) is 5.84. The van der Waals surface area contributed by atoms with E-state index < -0.39 is 0 Å². The van der Waals surface area contributed by atoms with E-state index in [1.165, 1.54) is 11.1 Å². The van der Waals surface area contributed by atoms with E-state index >= 15 is 0 Å². The van der Waals surface area contributed by atoms with Crippen molar-refractivity contribution in [3.63, 3.8) is 0 Å². The number of rotatable bonds is 6. The van der Waals surface area contributed by atoms with E-state index in [2.05, 4.69) is 68.6 Å². The smallest absolute Gasteiger partial charge is 0.0591 e. The summed E-state index contributed by atoms with van der Waals surface area (Å²) < 4.78 is 0. The van der Waals surface area contributed by atoms with Gasteiger partial charge in [-0.15, -0.1) is 0 Å². The van der Waals surface area contributed by atoms with Crippen molar-refractivity contribution in [3.05, 3.63) is 69.7 Å². The van der Waals surface area contributed by atoms with Gasteiger partial charge in [-0.2, -0.15) is 0 Å². The summed E-state index contributed by atoms with van der Waals surface area (Å²) >= 11 is 6.54. The molecule has 1 N–H and O–H groups in total. The molecule has 21 heavy (non-hydrogen) atoms. The summed E-state index contributed by atoms with van der Waals surface area (Å²) in [4.78, 5) is 0. The Morgan fingerprint density at radius 3 is 2.38 bits per heavy atom. The Bertz CT molecular complexity index is 575. The zero-order chi connectivity index (χ0) is 15.2. The van der Waals surface area contributed by atoms with E-state index in [0.29, 0.717) is 0 Å². The third-order valence-corrected chi connectivity index (χ3v) is 4.37. The number of hydrogen-bond acceptors (Lipinski definition) is 1. The van der Waals surface area contributed by atoms with Crippen LogP contribution < -0.4 is 5.32 Å². The molecule has 0 radical (unpaired) electrons. The van der Waals surface area contributed by atoms with Crippen LogP contribution in [0.1, 0.15) is 48.6 Å². The van der Waals surface area contributed by atoms with Crippen molar-refractivity contribution in [1.29, 1.82) is 0 Å². The molecule has 2 heteroatoms. The van der Waals surface area contributed by atoms with Gasteiger partial charge in [-0.3, -0.25) is 0 Å². The van der Waals surface area contributed by atoms with Crippen LogP contribution in [0.2, 0.25) is 5.02 Å². The molecular weight excluding hydrogens is 278 g/mol. The molecule has 0 saturated carbocycles. The normalized spacial score (nSPS) is 12.4. The average molecular weight is 302 g/mol. The van der Waals surface area contributed by atoms with Gasteiger partial charge in [-0.05, 0) is 48.6 Å². The molecular formula is C19H24ClN. The Morgan fingerprint density at radius 2 is 1.76 bits per heavy atom. The van der Waals surface area contributed by atoms with Gasteiger partial charge in [-0.1, -0.05) is 67.9 Å². The second kappa shape index (κ2) is 7.63. The molecule has 0 fully saturated rings. The van der Waals surface area contributed by atoms with Gasteiger partial charge in [0.1, 0.15) is 0 Å². The van der Waals surface area contributed by atoms with Crippen molar-refractivity contribution in [2.45, 2.75) is 39.7 Å². The molecule has 0 aliphatic rings. The molecule has 1 unspecified atom stereocenters. The lowest BCUT2D eigenvalue weighted by Gasteiger charge is -2.22. The van der Waals surface area contributed by atoms with Crippen molar-refractivity contribution in [3.8, 4) is 0 Å². The summed E-state index contributed by atoms with van der Waals surface area (Å²) in [5, 5.41) is 4.49. The highest BCUT2D eigenvalue weighted by Gasteiger charge is 2.17. The molecule has 0 bridgehead atoms. The van der Waals surface area contributed by atoms with E-state index in [-0.39, 0.29) is 6.04 Å². The van der Waals surface area contributed by atoms with Crippen LogP contribution in [0.5, 0.6) is 0 Å². The summed E-state index contributed by atoms with van der Waals surface area (Å²) in [6.07, 6.45) is 2.17. The van der Waals surface area contributed by atoms with Crippen LogP contribution in [0.15, 0.2) is 42.5 Å². The monoisotopic (exact) mass is 301 g/mol. The summed E-state index contributed by atoms with van der Waals surface area (Å²) in [6.45, 7) is 7.40. The summed E-state index contributed by atoms with van der Waals surface area (Å²) in [5.74, 6) is 0. The van der Waals surface area contributed by atoms with Gasteiger partial charge in [0.15, 0.2) is 0 Å². The molecule has 2 aromatic rings. The van der Waals surface area contributed by atoms with Crippen LogP contribution in [0.3, 0.4) is 0 Å². The minimum Gasteiger partial charge on any atom is -0.306 e. The zero-order valence-corrected chi connectivity index (χ0v) is 13.9. The lowest BCUT2D eigenvalue weighted by Crippen LogP contribution is -2.23. The fourth-order valence-corrected chi connectivity index (χ4v) is 2.77. The fourth-order valence-electron chi connectivity index (χ4n) is 2.53. The molecule has 0 heterocycles. The highest BCUT2D eigenvalue weighted by molar-refractivity contribution is 6.32. The van der Waals surface area contributed by atoms with Gasteiger partial charge < -0.3 is 5.32 Å². The minimum atomic E-state index is 0.156. The molecule has 1 nitrogen and oxygen atoms in total. The van der Waals surface area contributed by atoms with E-state index in [0.717, 1.165) is 35.5 Å². The second-order valence-electron chi connectivity index (χ2n) is 5.46. The van der Waals surface area contributed by atoms with Crippen LogP contribution in [0.25, 0.3) is 0 Å². The van der Waals surface area contributed by atoms with Gasteiger partial charge in [0.05, 0.1) is 6.04 Å². The lowest BCUT2D eigenvalue weighted by molar-refractivity contribution is 0.598. The zero-order valence-electron chi connectivity index (χ0n) is 13.1. The molecule has 0 aromatic heterocycles. The van der Waals surface area contributed by atoms with Crippen LogP contribution in [0.4, 0.5) is 0 Å². The first-order valence-corrected chi connectivity index (χ1v) is 8.12. The van der Waals surface area contributed by atoms with Crippen LogP contribution in [0, 0.1) is 6.92 Å². The maximum atomic E-state index is 6.54. The predicted octanol–water partition coefficient (Wildman–Crippen LogP) is 5.30. The maximum absolute atomic E-state index is 6.54. The largest absolute Gasteiger partial charge is 0.306 e. The first kappa shape index (κ1) is 16.1. The molecule has 0 aliphatic heterocycles. The highest BCUT2D eigenvalue weighted by Crippen LogP contribution is 2.30. The van der Waals surface area contributed by atoms with Crippen LogP contribution >= 0.6 is 11.6 Å². The predicted molar refractivity (Wildman–Crippen MR) is 92.1 cm³/mol. The number of halogens is 1. The minimum absolute atomic E-state index is 0.156. The van der Waals surface area contributed by atoms with Crippen LogP contribution in [-0.2, 0) is 6.42 Å². The fraction of sp³-hybridized carbons (Fsp3) is 0.368. The van der Waals surface area contributed by atoms with E-state index in [4.69, 9.17) is 11.6 Å². The molecule has 0 saturated heterocycles. The van der Waals surface area contributed by atoms with Crippen molar-refractivity contribution >= 4 is 11.6 Å². The standard InChI is InChI=1S/C19H24ClN/c1-4-13-21-19(16-11-9-15(5-2)10-12-16)17-8-6-7-14(3)18(17)20/h6-12,19,21H,4-5,13H2,1-3H3. The Morgan fingerprint density at radius 1 is 1.05 bits per heavy atom. The number of nitrogens with one attached hydrogen (secondary N) is 1. The Labute approximate surface area is 133 Å². The average Bonchev–Trinajstić information content (AvgIpc) is 2.52. The molecule has 2 aromatic carbocycles. The first-order valence-electron chi connectivity index (χ1n) is 7.74. The topological polar surface area (TPSA) is 12.0 Å². The highest BCUT2D eigenvalue weighted by atomic mass is 35.5. The summed E-state index contributed by atoms with van der Waals surface area (Å²) in [5.41, 5.74) is 4.92. The van der Waals surface area contributed by atoms with E-state index in [1.807, 2.05) is 0 Å². The summed E-state index contributed by atoms with van der Waals surface area (Å²) in [6, 6.07) is 15.3. The Hall–Kier alpha value is -1.31. The van der Waals surface area contributed by atoms with Gasteiger partial charge in [-0.25, -0.2) is 0 Å². The Balaban J connectivity index is 2.39. The second-order valence-corrected chi connectivity index (χ2v) is 5.84. The molecule has 1 atom stereocenters.